The predicted molar refractivity (Wildman–Crippen MR) is 99.9 cm³/mol. The first-order valence-electron chi connectivity index (χ1n) is 8.81. The molecule has 0 spiro atoms. The Bertz CT molecular complexity index is 663. The Morgan fingerprint density at radius 2 is 1.72 bits per heavy atom. The molecule has 7 heteroatoms. The maximum absolute atomic E-state index is 12.5. The minimum absolute atomic E-state index is 0.0219. The van der Waals surface area contributed by atoms with E-state index in [1.807, 2.05) is 7.05 Å². The molecule has 0 aromatic heterocycles. The normalized spacial score (nSPS) is 17.0. The van der Waals surface area contributed by atoms with E-state index in [0.717, 1.165) is 19.5 Å². The number of carbonyl (C=O) groups is 1. The third kappa shape index (κ3) is 6.09. The molecule has 1 N–H and O–H groups in total. The zero-order valence-electron chi connectivity index (χ0n) is 15.4. The van der Waals surface area contributed by atoms with Gasteiger partial charge in [-0.1, -0.05) is 26.0 Å². The van der Waals surface area contributed by atoms with Crippen LogP contribution in [0.2, 0.25) is 0 Å². The molecular formula is C18H29N3O3S. The highest BCUT2D eigenvalue weighted by atomic mass is 32.2. The average molecular weight is 368 g/mol. The molecule has 0 bridgehead atoms. The van der Waals surface area contributed by atoms with Crippen molar-refractivity contribution < 1.29 is 13.2 Å². The molecule has 1 heterocycles. The lowest BCUT2D eigenvalue weighted by Crippen LogP contribution is -2.47. The molecule has 1 aliphatic heterocycles. The van der Waals surface area contributed by atoms with Crippen LogP contribution in [-0.2, 0) is 15.8 Å². The second-order valence-corrected chi connectivity index (χ2v) is 9.06. The third-order valence-corrected chi connectivity index (χ3v) is 6.28. The molecule has 25 heavy (non-hydrogen) atoms. The minimum Gasteiger partial charge on any atom is -0.352 e. The predicted octanol–water partition coefficient (Wildman–Crippen LogP) is 1.54. The lowest BCUT2D eigenvalue weighted by Gasteiger charge is -2.31. The van der Waals surface area contributed by atoms with Gasteiger partial charge in [0.2, 0.25) is 10.0 Å². The number of benzene rings is 1. The van der Waals surface area contributed by atoms with E-state index in [1.165, 1.54) is 0 Å². The van der Waals surface area contributed by atoms with E-state index in [9.17, 15) is 13.2 Å². The van der Waals surface area contributed by atoms with Crippen molar-refractivity contribution in [3.63, 3.8) is 0 Å². The standard InChI is InChI=1S/C18H29N3O3S/c1-15(2)8-9-19-18(22)17-6-4-16(5-7-17)14-25(23,24)21-12-10-20(3)11-13-21/h4-7,15H,8-14H2,1-3H3,(H,19,22). The van der Waals surface area contributed by atoms with Gasteiger partial charge in [0.1, 0.15) is 0 Å². The van der Waals surface area contributed by atoms with Crippen LogP contribution in [0.1, 0.15) is 36.2 Å². The SMILES string of the molecule is CC(C)CCNC(=O)c1ccc(CS(=O)(=O)N2CCN(C)CC2)cc1. The number of hydrogen-bond donors (Lipinski definition) is 1. The van der Waals surface area contributed by atoms with Crippen LogP contribution in [0.3, 0.4) is 0 Å². The van der Waals surface area contributed by atoms with E-state index in [-0.39, 0.29) is 11.7 Å². The van der Waals surface area contributed by atoms with Gasteiger partial charge in [-0.25, -0.2) is 8.42 Å². The highest BCUT2D eigenvalue weighted by Gasteiger charge is 2.25. The smallest absolute Gasteiger partial charge is 0.251 e. The number of nitrogens with zero attached hydrogens (tertiary/aromatic N) is 2. The number of rotatable bonds is 7. The molecule has 1 fully saturated rings. The molecule has 0 radical (unpaired) electrons. The van der Waals surface area contributed by atoms with Crippen LogP contribution in [0.15, 0.2) is 24.3 Å². The molecule has 2 rings (SSSR count). The van der Waals surface area contributed by atoms with Gasteiger partial charge in [0.15, 0.2) is 0 Å². The molecule has 1 aromatic carbocycles. The number of carbonyl (C=O) groups excluding carboxylic acids is 1. The zero-order valence-corrected chi connectivity index (χ0v) is 16.2. The minimum atomic E-state index is -3.31. The summed E-state index contributed by atoms with van der Waals surface area (Å²) in [6.45, 7) is 7.47. The largest absolute Gasteiger partial charge is 0.352 e. The second kappa shape index (κ2) is 8.78. The number of hydrogen-bond acceptors (Lipinski definition) is 4. The van der Waals surface area contributed by atoms with Crippen molar-refractivity contribution in [2.45, 2.75) is 26.0 Å². The first kappa shape index (κ1) is 19.9. The number of likely N-dealkylation sites (N-methyl/N-ethyl adjacent to an activating group) is 1. The Morgan fingerprint density at radius 1 is 1.12 bits per heavy atom. The fourth-order valence-corrected chi connectivity index (χ4v) is 4.21. The van der Waals surface area contributed by atoms with Gasteiger partial charge in [-0.3, -0.25) is 4.79 Å². The molecule has 1 aromatic rings. The monoisotopic (exact) mass is 367 g/mol. The van der Waals surface area contributed by atoms with E-state index >= 15 is 0 Å². The van der Waals surface area contributed by atoms with Gasteiger partial charge < -0.3 is 10.2 Å². The van der Waals surface area contributed by atoms with Gasteiger partial charge in [0, 0.05) is 38.3 Å². The fourth-order valence-electron chi connectivity index (χ4n) is 2.70. The number of piperazine rings is 1. The molecule has 1 amide bonds. The Morgan fingerprint density at radius 3 is 2.28 bits per heavy atom. The third-order valence-electron chi connectivity index (χ3n) is 4.43. The van der Waals surface area contributed by atoms with Crippen LogP contribution in [0.4, 0.5) is 0 Å². The number of sulfonamides is 1. The van der Waals surface area contributed by atoms with Crippen molar-refractivity contribution in [1.29, 1.82) is 0 Å². The first-order valence-corrected chi connectivity index (χ1v) is 10.4. The quantitative estimate of drug-likeness (QED) is 0.794. The zero-order chi connectivity index (χ0) is 18.4. The number of amides is 1. The van der Waals surface area contributed by atoms with Crippen molar-refractivity contribution in [2.75, 3.05) is 39.8 Å². The van der Waals surface area contributed by atoms with Crippen molar-refractivity contribution in [2.24, 2.45) is 5.92 Å². The number of nitrogens with one attached hydrogen (secondary N) is 1. The molecule has 140 valence electrons. The summed E-state index contributed by atoms with van der Waals surface area (Å²) in [4.78, 5) is 14.2. The summed E-state index contributed by atoms with van der Waals surface area (Å²) < 4.78 is 26.6. The molecule has 1 saturated heterocycles. The second-order valence-electron chi connectivity index (χ2n) is 7.09. The molecule has 0 aliphatic carbocycles. The summed E-state index contributed by atoms with van der Waals surface area (Å²) in [6.07, 6.45) is 0.938. The van der Waals surface area contributed by atoms with Gasteiger partial charge >= 0.3 is 0 Å². The van der Waals surface area contributed by atoms with E-state index in [4.69, 9.17) is 0 Å². The highest BCUT2D eigenvalue weighted by Crippen LogP contribution is 2.14. The van der Waals surface area contributed by atoms with Crippen LogP contribution in [0.5, 0.6) is 0 Å². The van der Waals surface area contributed by atoms with Crippen LogP contribution in [0, 0.1) is 5.92 Å². The topological polar surface area (TPSA) is 69.7 Å². The van der Waals surface area contributed by atoms with Crippen molar-refractivity contribution in [1.82, 2.24) is 14.5 Å². The molecular weight excluding hydrogens is 338 g/mol. The van der Waals surface area contributed by atoms with E-state index in [1.54, 1.807) is 28.6 Å². The van der Waals surface area contributed by atoms with Crippen LogP contribution in [-0.4, -0.2) is 63.3 Å². The van der Waals surface area contributed by atoms with Crippen LogP contribution >= 0.6 is 0 Å². The van der Waals surface area contributed by atoms with E-state index in [2.05, 4.69) is 24.1 Å². The summed E-state index contributed by atoms with van der Waals surface area (Å²) in [5, 5.41) is 2.88. The average Bonchev–Trinajstić information content (AvgIpc) is 2.55. The van der Waals surface area contributed by atoms with Gasteiger partial charge in [-0.05, 0) is 37.1 Å². The van der Waals surface area contributed by atoms with Gasteiger partial charge in [0.25, 0.3) is 5.91 Å². The maximum atomic E-state index is 12.5. The molecule has 0 atom stereocenters. The Kier molecular flexibility index (Phi) is 6.98. The summed E-state index contributed by atoms with van der Waals surface area (Å²) in [5.74, 6) is 0.406. The van der Waals surface area contributed by atoms with Gasteiger partial charge in [-0.2, -0.15) is 4.31 Å². The Hall–Kier alpha value is -1.44. The Labute approximate surface area is 151 Å². The Balaban J connectivity index is 1.92. The van der Waals surface area contributed by atoms with Crippen LogP contribution in [0.25, 0.3) is 0 Å². The van der Waals surface area contributed by atoms with Gasteiger partial charge in [-0.15, -0.1) is 0 Å². The molecule has 1 aliphatic rings. The summed E-state index contributed by atoms with van der Waals surface area (Å²) >= 11 is 0. The lowest BCUT2D eigenvalue weighted by molar-refractivity contribution is 0.0952. The summed E-state index contributed by atoms with van der Waals surface area (Å²) in [6, 6.07) is 6.84. The summed E-state index contributed by atoms with van der Waals surface area (Å²) in [5.41, 5.74) is 1.27. The molecule has 0 saturated carbocycles. The van der Waals surface area contributed by atoms with Crippen molar-refractivity contribution in [3.05, 3.63) is 35.4 Å². The highest BCUT2D eigenvalue weighted by molar-refractivity contribution is 7.88. The van der Waals surface area contributed by atoms with E-state index < -0.39 is 10.0 Å². The molecule has 0 unspecified atom stereocenters. The fraction of sp³-hybridized carbons (Fsp3) is 0.611. The summed E-state index contributed by atoms with van der Waals surface area (Å²) in [7, 11) is -1.32. The molecule has 6 nitrogen and oxygen atoms in total. The van der Waals surface area contributed by atoms with E-state index in [0.29, 0.717) is 36.7 Å². The maximum Gasteiger partial charge on any atom is 0.251 e. The van der Waals surface area contributed by atoms with Gasteiger partial charge in [0.05, 0.1) is 5.75 Å². The van der Waals surface area contributed by atoms with Crippen molar-refractivity contribution >= 4 is 15.9 Å². The van der Waals surface area contributed by atoms with Crippen LogP contribution < -0.4 is 5.32 Å². The van der Waals surface area contributed by atoms with Crippen molar-refractivity contribution in [3.8, 4) is 0 Å². The lowest BCUT2D eigenvalue weighted by atomic mass is 10.1. The first-order chi connectivity index (χ1) is 11.8.